The number of nitrogens with zero attached hydrogens (tertiary/aromatic N) is 1. The van der Waals surface area contributed by atoms with Gasteiger partial charge in [-0.3, -0.25) is 5.10 Å². The van der Waals surface area contributed by atoms with E-state index in [2.05, 4.69) is 10.2 Å². The van der Waals surface area contributed by atoms with E-state index in [0.717, 1.165) is 0 Å². The maximum atomic E-state index is 12.9. The van der Waals surface area contributed by atoms with Gasteiger partial charge in [-0.15, -0.1) is 0 Å². The summed E-state index contributed by atoms with van der Waals surface area (Å²) in [7, 11) is 0. The van der Waals surface area contributed by atoms with Crippen LogP contribution >= 0.6 is 0 Å². The fourth-order valence-electron chi connectivity index (χ4n) is 1.56. The molecule has 0 saturated carbocycles. The Kier molecular flexibility index (Phi) is 2.44. The molecule has 82 valence electrons. The van der Waals surface area contributed by atoms with Crippen molar-refractivity contribution >= 4 is 5.97 Å². The molecular weight excluding hydrogens is 211 g/mol. The molecule has 16 heavy (non-hydrogen) atoms. The summed E-state index contributed by atoms with van der Waals surface area (Å²) in [6, 6.07) is 4.17. The molecule has 0 bridgehead atoms. The highest BCUT2D eigenvalue weighted by molar-refractivity contribution is 5.94. The quantitative estimate of drug-likeness (QED) is 0.815. The Balaban J connectivity index is 2.59. The smallest absolute Gasteiger partial charge is 0.339 e. The lowest BCUT2D eigenvalue weighted by molar-refractivity contribution is 0.0698. The number of carboxylic acid groups (broad SMARTS) is 1. The number of aromatic nitrogens is 2. The van der Waals surface area contributed by atoms with Gasteiger partial charge in [0, 0.05) is 5.56 Å². The van der Waals surface area contributed by atoms with Gasteiger partial charge in [0.15, 0.2) is 0 Å². The molecule has 2 aromatic rings. The molecule has 1 aromatic carbocycles. The number of rotatable bonds is 2. The van der Waals surface area contributed by atoms with Gasteiger partial charge in [0.05, 0.1) is 11.9 Å². The van der Waals surface area contributed by atoms with Crippen LogP contribution < -0.4 is 0 Å². The molecule has 0 amide bonds. The molecule has 0 fully saturated rings. The van der Waals surface area contributed by atoms with Gasteiger partial charge in [-0.1, -0.05) is 0 Å². The van der Waals surface area contributed by atoms with E-state index in [1.54, 1.807) is 6.92 Å². The molecule has 0 saturated heterocycles. The number of carbonyl (C=O) groups is 1. The zero-order chi connectivity index (χ0) is 11.7. The average Bonchev–Trinajstić information content (AvgIpc) is 2.66. The first-order valence-corrected chi connectivity index (χ1v) is 4.63. The molecule has 1 heterocycles. The van der Waals surface area contributed by atoms with Gasteiger partial charge in [-0.2, -0.15) is 5.10 Å². The van der Waals surface area contributed by atoms with Crippen LogP contribution in [0.1, 0.15) is 15.9 Å². The van der Waals surface area contributed by atoms with Crippen LogP contribution in [0.2, 0.25) is 0 Å². The average molecular weight is 220 g/mol. The SMILES string of the molecule is Cc1cc(F)ccc1-c1[nH]ncc1C(=O)O. The molecule has 0 aliphatic heterocycles. The summed E-state index contributed by atoms with van der Waals surface area (Å²) < 4.78 is 12.9. The van der Waals surface area contributed by atoms with Gasteiger partial charge < -0.3 is 5.11 Å². The lowest BCUT2D eigenvalue weighted by atomic mass is 10.0. The number of hydrogen-bond donors (Lipinski definition) is 2. The number of benzene rings is 1. The van der Waals surface area contributed by atoms with Crippen LogP contribution in [-0.4, -0.2) is 21.3 Å². The van der Waals surface area contributed by atoms with Crippen LogP contribution in [-0.2, 0) is 0 Å². The van der Waals surface area contributed by atoms with E-state index in [1.807, 2.05) is 0 Å². The van der Waals surface area contributed by atoms with Gasteiger partial charge in [-0.25, -0.2) is 9.18 Å². The van der Waals surface area contributed by atoms with Crippen molar-refractivity contribution in [2.45, 2.75) is 6.92 Å². The monoisotopic (exact) mass is 220 g/mol. The van der Waals surface area contributed by atoms with Crippen molar-refractivity contribution < 1.29 is 14.3 Å². The van der Waals surface area contributed by atoms with Crippen LogP contribution in [0.3, 0.4) is 0 Å². The number of aryl methyl sites for hydroxylation is 1. The predicted molar refractivity (Wildman–Crippen MR) is 55.7 cm³/mol. The summed E-state index contributed by atoms with van der Waals surface area (Å²) in [6.45, 7) is 1.71. The van der Waals surface area contributed by atoms with Gasteiger partial charge in [-0.05, 0) is 30.7 Å². The van der Waals surface area contributed by atoms with E-state index < -0.39 is 5.97 Å². The topological polar surface area (TPSA) is 66.0 Å². The van der Waals surface area contributed by atoms with Gasteiger partial charge >= 0.3 is 5.97 Å². The van der Waals surface area contributed by atoms with Crippen molar-refractivity contribution in [3.63, 3.8) is 0 Å². The van der Waals surface area contributed by atoms with E-state index in [4.69, 9.17) is 5.11 Å². The van der Waals surface area contributed by atoms with E-state index in [1.165, 1.54) is 24.4 Å². The molecule has 0 spiro atoms. The van der Waals surface area contributed by atoms with E-state index >= 15 is 0 Å². The zero-order valence-electron chi connectivity index (χ0n) is 8.49. The summed E-state index contributed by atoms with van der Waals surface area (Å²) in [5.74, 6) is -1.41. The van der Waals surface area contributed by atoms with E-state index in [-0.39, 0.29) is 11.4 Å². The third-order valence-corrected chi connectivity index (χ3v) is 2.33. The van der Waals surface area contributed by atoms with Crippen LogP contribution in [0.4, 0.5) is 4.39 Å². The van der Waals surface area contributed by atoms with Crippen LogP contribution in [0.5, 0.6) is 0 Å². The summed E-state index contributed by atoms with van der Waals surface area (Å²) >= 11 is 0. The van der Waals surface area contributed by atoms with Crippen molar-refractivity contribution in [1.82, 2.24) is 10.2 Å². The minimum absolute atomic E-state index is 0.0784. The first-order chi connectivity index (χ1) is 7.59. The van der Waals surface area contributed by atoms with Crippen molar-refractivity contribution in [1.29, 1.82) is 0 Å². The number of carboxylic acids is 1. The van der Waals surface area contributed by atoms with Crippen LogP contribution in [0, 0.1) is 12.7 Å². The molecular formula is C11H9FN2O2. The number of aromatic amines is 1. The Bertz CT molecular complexity index is 549. The fraction of sp³-hybridized carbons (Fsp3) is 0.0909. The molecule has 0 aliphatic rings. The second-order valence-electron chi connectivity index (χ2n) is 3.42. The van der Waals surface area contributed by atoms with E-state index in [9.17, 15) is 9.18 Å². The first-order valence-electron chi connectivity index (χ1n) is 4.63. The molecule has 2 rings (SSSR count). The maximum Gasteiger partial charge on any atom is 0.339 e. The highest BCUT2D eigenvalue weighted by Crippen LogP contribution is 2.25. The zero-order valence-corrected chi connectivity index (χ0v) is 8.49. The van der Waals surface area contributed by atoms with Gasteiger partial charge in [0.25, 0.3) is 0 Å². The largest absolute Gasteiger partial charge is 0.478 e. The lowest BCUT2D eigenvalue weighted by Gasteiger charge is -2.04. The summed E-state index contributed by atoms with van der Waals surface area (Å²) in [5.41, 5.74) is 1.77. The van der Waals surface area contributed by atoms with Gasteiger partial charge in [0.2, 0.25) is 0 Å². The minimum atomic E-state index is -1.06. The normalized spacial score (nSPS) is 10.4. The number of hydrogen-bond acceptors (Lipinski definition) is 2. The lowest BCUT2D eigenvalue weighted by Crippen LogP contribution is -1.97. The summed E-state index contributed by atoms with van der Waals surface area (Å²) in [6.07, 6.45) is 1.24. The van der Waals surface area contributed by atoms with Crippen molar-refractivity contribution in [2.24, 2.45) is 0 Å². The summed E-state index contributed by atoms with van der Waals surface area (Å²) in [4.78, 5) is 10.9. The molecule has 0 radical (unpaired) electrons. The molecule has 0 atom stereocenters. The molecule has 5 heteroatoms. The number of nitrogens with one attached hydrogen (secondary N) is 1. The van der Waals surface area contributed by atoms with Crippen LogP contribution in [0.25, 0.3) is 11.3 Å². The number of halogens is 1. The Morgan fingerprint density at radius 3 is 2.88 bits per heavy atom. The van der Waals surface area contributed by atoms with Gasteiger partial charge in [0.1, 0.15) is 11.4 Å². The van der Waals surface area contributed by atoms with Crippen molar-refractivity contribution in [3.8, 4) is 11.3 Å². The standard InChI is InChI=1S/C11H9FN2O2/c1-6-4-7(12)2-3-8(6)10-9(11(15)16)5-13-14-10/h2-5H,1H3,(H,13,14)(H,15,16). The minimum Gasteiger partial charge on any atom is -0.478 e. The van der Waals surface area contributed by atoms with Crippen molar-refractivity contribution in [3.05, 3.63) is 41.3 Å². The Labute approximate surface area is 90.7 Å². The summed E-state index contributed by atoms with van der Waals surface area (Å²) in [5, 5.41) is 15.2. The Morgan fingerprint density at radius 1 is 1.50 bits per heavy atom. The third kappa shape index (κ3) is 1.67. The molecule has 1 aromatic heterocycles. The number of H-pyrrole nitrogens is 1. The van der Waals surface area contributed by atoms with E-state index in [0.29, 0.717) is 16.8 Å². The Hall–Kier alpha value is -2.17. The molecule has 2 N–H and O–H groups in total. The first kappa shape index (κ1) is 10.4. The molecule has 0 unspecified atom stereocenters. The highest BCUT2D eigenvalue weighted by atomic mass is 19.1. The molecule has 0 aliphatic carbocycles. The highest BCUT2D eigenvalue weighted by Gasteiger charge is 2.15. The fourth-order valence-corrected chi connectivity index (χ4v) is 1.56. The predicted octanol–water partition coefficient (Wildman–Crippen LogP) is 2.22. The Morgan fingerprint density at radius 2 is 2.25 bits per heavy atom. The second-order valence-corrected chi connectivity index (χ2v) is 3.42. The van der Waals surface area contributed by atoms with Crippen molar-refractivity contribution in [2.75, 3.05) is 0 Å². The molecule has 4 nitrogen and oxygen atoms in total. The maximum absolute atomic E-state index is 12.9. The third-order valence-electron chi connectivity index (χ3n) is 2.33. The second kappa shape index (κ2) is 3.77. The number of aromatic carboxylic acids is 1. The van der Waals surface area contributed by atoms with Crippen LogP contribution in [0.15, 0.2) is 24.4 Å².